The van der Waals surface area contributed by atoms with Gasteiger partial charge in [-0.05, 0) is 31.4 Å². The maximum Gasteiger partial charge on any atom is 0.328 e. The fourth-order valence-corrected chi connectivity index (χ4v) is 3.28. The molecule has 1 aromatic carbocycles. The minimum Gasteiger partial charge on any atom is -0.467 e. The Labute approximate surface area is 147 Å². The van der Waals surface area contributed by atoms with E-state index in [-0.39, 0.29) is 11.9 Å². The summed E-state index contributed by atoms with van der Waals surface area (Å²) in [5.74, 6) is 0.227. The Balaban J connectivity index is 2.07. The number of rotatable bonds is 3. The Hall–Kier alpha value is -2.63. The number of para-hydroxylation sites is 1. The van der Waals surface area contributed by atoms with Crippen LogP contribution < -0.4 is 4.90 Å². The molecule has 1 aromatic heterocycles. The summed E-state index contributed by atoms with van der Waals surface area (Å²) in [6.07, 6.45) is 2.45. The van der Waals surface area contributed by atoms with Crippen molar-refractivity contribution < 1.29 is 14.3 Å². The summed E-state index contributed by atoms with van der Waals surface area (Å²) >= 11 is 0. The summed E-state index contributed by atoms with van der Waals surface area (Å²) in [6, 6.07) is 8.87. The first kappa shape index (κ1) is 17.2. The van der Waals surface area contributed by atoms with Gasteiger partial charge < -0.3 is 14.5 Å². The van der Waals surface area contributed by atoms with Crippen LogP contribution in [0.4, 0.5) is 5.82 Å². The molecule has 132 valence electrons. The summed E-state index contributed by atoms with van der Waals surface area (Å²) in [5, 5.41) is 0.798. The Kier molecular flexibility index (Phi) is 4.88. The van der Waals surface area contributed by atoms with Gasteiger partial charge in [0, 0.05) is 26.0 Å². The number of methoxy groups -OCH3 is 1. The number of ether oxygens (including phenoxy) is 1. The van der Waals surface area contributed by atoms with Crippen molar-refractivity contribution >= 4 is 28.6 Å². The molecule has 0 radical (unpaired) electrons. The maximum absolute atomic E-state index is 13.3. The van der Waals surface area contributed by atoms with E-state index in [4.69, 9.17) is 4.74 Å². The summed E-state index contributed by atoms with van der Waals surface area (Å²) in [6.45, 7) is 0.562. The summed E-state index contributed by atoms with van der Waals surface area (Å²) in [4.78, 5) is 33.5. The molecule has 1 saturated heterocycles. The highest BCUT2D eigenvalue weighted by Crippen LogP contribution is 2.27. The van der Waals surface area contributed by atoms with Crippen molar-refractivity contribution in [2.75, 3.05) is 32.6 Å². The normalized spacial score (nSPS) is 17.4. The van der Waals surface area contributed by atoms with Crippen LogP contribution in [-0.4, -0.2) is 55.6 Å². The van der Waals surface area contributed by atoms with E-state index >= 15 is 0 Å². The van der Waals surface area contributed by atoms with E-state index < -0.39 is 6.04 Å². The molecule has 0 N–H and O–H groups in total. The highest BCUT2D eigenvalue weighted by molar-refractivity contribution is 6.08. The van der Waals surface area contributed by atoms with Crippen LogP contribution in [0.25, 0.3) is 10.9 Å². The molecular formula is C19H23N3O3. The lowest BCUT2D eigenvalue weighted by molar-refractivity contribution is -0.147. The molecule has 1 aliphatic rings. The van der Waals surface area contributed by atoms with Gasteiger partial charge in [-0.25, -0.2) is 9.78 Å². The molecule has 0 saturated carbocycles. The fraction of sp³-hybridized carbons (Fsp3) is 0.421. The zero-order valence-electron chi connectivity index (χ0n) is 14.9. The lowest BCUT2D eigenvalue weighted by Gasteiger charge is -2.34. The third-order valence-electron chi connectivity index (χ3n) is 4.63. The molecule has 0 bridgehead atoms. The quantitative estimate of drug-likeness (QED) is 0.803. The first-order valence-electron chi connectivity index (χ1n) is 8.49. The number of amides is 1. The van der Waals surface area contributed by atoms with Gasteiger partial charge in [-0.3, -0.25) is 4.79 Å². The van der Waals surface area contributed by atoms with Crippen molar-refractivity contribution in [1.82, 2.24) is 9.88 Å². The lowest BCUT2D eigenvalue weighted by atomic mass is 9.99. The second-order valence-electron chi connectivity index (χ2n) is 6.47. The van der Waals surface area contributed by atoms with Crippen molar-refractivity contribution in [3.8, 4) is 0 Å². The SMILES string of the molecule is COC(=O)C1CCCCN1C(=O)c1cc(N(C)C)nc2ccccc12. The number of aromatic nitrogens is 1. The van der Waals surface area contributed by atoms with Gasteiger partial charge in [-0.15, -0.1) is 0 Å². The molecule has 1 aliphatic heterocycles. The zero-order chi connectivity index (χ0) is 18.0. The van der Waals surface area contributed by atoms with Gasteiger partial charge >= 0.3 is 5.97 Å². The predicted octanol–water partition coefficient (Wildman–Crippen LogP) is 2.47. The van der Waals surface area contributed by atoms with Gasteiger partial charge in [-0.2, -0.15) is 0 Å². The maximum atomic E-state index is 13.3. The minimum atomic E-state index is -0.513. The number of esters is 1. The standard InChI is InChI=1S/C19H23N3O3/c1-21(2)17-12-14(13-8-4-5-9-15(13)20-17)18(23)22-11-7-6-10-16(22)19(24)25-3/h4-5,8-9,12,16H,6-7,10-11H2,1-3H3. The van der Waals surface area contributed by atoms with Gasteiger partial charge in [0.1, 0.15) is 11.9 Å². The van der Waals surface area contributed by atoms with Crippen molar-refractivity contribution in [3.63, 3.8) is 0 Å². The van der Waals surface area contributed by atoms with Gasteiger partial charge in [0.15, 0.2) is 0 Å². The van der Waals surface area contributed by atoms with Crippen LogP contribution in [0.15, 0.2) is 30.3 Å². The molecule has 1 unspecified atom stereocenters. The number of benzene rings is 1. The van der Waals surface area contributed by atoms with Gasteiger partial charge in [0.05, 0.1) is 18.2 Å². The average molecular weight is 341 g/mol. The van der Waals surface area contributed by atoms with E-state index in [9.17, 15) is 9.59 Å². The van der Waals surface area contributed by atoms with E-state index in [0.717, 1.165) is 23.7 Å². The highest BCUT2D eigenvalue weighted by Gasteiger charge is 2.34. The third-order valence-corrected chi connectivity index (χ3v) is 4.63. The van der Waals surface area contributed by atoms with Gasteiger partial charge in [0.25, 0.3) is 5.91 Å². The molecular weight excluding hydrogens is 318 g/mol. The van der Waals surface area contributed by atoms with Gasteiger partial charge in [-0.1, -0.05) is 18.2 Å². The molecule has 3 rings (SSSR count). The Morgan fingerprint density at radius 2 is 2.00 bits per heavy atom. The number of anilines is 1. The van der Waals surface area contributed by atoms with Crippen LogP contribution in [0.1, 0.15) is 29.6 Å². The van der Waals surface area contributed by atoms with Crippen molar-refractivity contribution in [2.24, 2.45) is 0 Å². The molecule has 1 fully saturated rings. The molecule has 1 amide bonds. The number of likely N-dealkylation sites (tertiary alicyclic amines) is 1. The van der Waals surface area contributed by atoms with Crippen LogP contribution >= 0.6 is 0 Å². The highest BCUT2D eigenvalue weighted by atomic mass is 16.5. The van der Waals surface area contributed by atoms with Crippen molar-refractivity contribution in [1.29, 1.82) is 0 Å². The van der Waals surface area contributed by atoms with Crippen LogP contribution in [0.3, 0.4) is 0 Å². The molecule has 25 heavy (non-hydrogen) atoms. The largest absolute Gasteiger partial charge is 0.467 e. The monoisotopic (exact) mass is 341 g/mol. The summed E-state index contributed by atoms with van der Waals surface area (Å²) < 4.78 is 4.90. The second-order valence-corrected chi connectivity index (χ2v) is 6.47. The van der Waals surface area contributed by atoms with Crippen LogP contribution in [-0.2, 0) is 9.53 Å². The van der Waals surface area contributed by atoms with Gasteiger partial charge in [0.2, 0.25) is 0 Å². The number of pyridine rings is 1. The molecule has 6 heteroatoms. The third kappa shape index (κ3) is 3.29. The lowest BCUT2D eigenvalue weighted by Crippen LogP contribution is -2.48. The van der Waals surface area contributed by atoms with Crippen LogP contribution in [0.2, 0.25) is 0 Å². The predicted molar refractivity (Wildman–Crippen MR) is 96.8 cm³/mol. The summed E-state index contributed by atoms with van der Waals surface area (Å²) in [5.41, 5.74) is 1.34. The molecule has 0 aliphatic carbocycles. The van der Waals surface area contributed by atoms with E-state index in [0.29, 0.717) is 24.3 Å². The number of carbonyl (C=O) groups excluding carboxylic acids is 2. The minimum absolute atomic E-state index is 0.142. The van der Waals surface area contributed by atoms with Crippen LogP contribution in [0, 0.1) is 0 Å². The molecule has 2 heterocycles. The number of piperidine rings is 1. The number of hydrogen-bond acceptors (Lipinski definition) is 5. The first-order valence-corrected chi connectivity index (χ1v) is 8.49. The Morgan fingerprint density at radius 3 is 2.72 bits per heavy atom. The molecule has 6 nitrogen and oxygen atoms in total. The van der Waals surface area contributed by atoms with Crippen molar-refractivity contribution in [2.45, 2.75) is 25.3 Å². The fourth-order valence-electron chi connectivity index (χ4n) is 3.28. The Bertz CT molecular complexity index is 804. The second kappa shape index (κ2) is 7.09. The van der Waals surface area contributed by atoms with E-state index in [2.05, 4.69) is 4.98 Å². The van der Waals surface area contributed by atoms with Crippen molar-refractivity contribution in [3.05, 3.63) is 35.9 Å². The number of carbonyl (C=O) groups is 2. The molecule has 2 aromatic rings. The molecule has 0 spiro atoms. The average Bonchev–Trinajstić information content (AvgIpc) is 2.65. The smallest absolute Gasteiger partial charge is 0.328 e. The number of hydrogen-bond donors (Lipinski definition) is 0. The summed E-state index contributed by atoms with van der Waals surface area (Å²) in [7, 11) is 5.15. The van der Waals surface area contributed by atoms with Crippen LogP contribution in [0.5, 0.6) is 0 Å². The number of nitrogens with zero attached hydrogens (tertiary/aromatic N) is 3. The van der Waals surface area contributed by atoms with E-state index in [1.165, 1.54) is 7.11 Å². The van der Waals surface area contributed by atoms with E-state index in [1.54, 1.807) is 11.0 Å². The Morgan fingerprint density at radius 1 is 1.24 bits per heavy atom. The number of fused-ring (bicyclic) bond motifs is 1. The zero-order valence-corrected chi connectivity index (χ0v) is 14.9. The first-order chi connectivity index (χ1) is 12.0. The van der Waals surface area contributed by atoms with E-state index in [1.807, 2.05) is 43.3 Å². The topological polar surface area (TPSA) is 62.7 Å². The molecule has 1 atom stereocenters.